The summed E-state index contributed by atoms with van der Waals surface area (Å²) < 4.78 is 13.4. The molecule has 4 heteroatoms. The molecular weight excluding hydrogens is 199 g/mol. The molecule has 0 spiro atoms. The van der Waals surface area contributed by atoms with Crippen molar-refractivity contribution in [2.45, 2.75) is 19.8 Å². The fourth-order valence-corrected chi connectivity index (χ4v) is 1.31. The van der Waals surface area contributed by atoms with E-state index in [0.717, 1.165) is 0 Å². The van der Waals surface area contributed by atoms with Crippen LogP contribution in [0.2, 0.25) is 0 Å². The van der Waals surface area contributed by atoms with Crippen LogP contribution >= 0.6 is 0 Å². The van der Waals surface area contributed by atoms with Gasteiger partial charge >= 0.3 is 5.97 Å². The van der Waals surface area contributed by atoms with Crippen LogP contribution in [0.4, 0.5) is 4.39 Å². The van der Waals surface area contributed by atoms with Gasteiger partial charge in [0.2, 0.25) is 0 Å². The smallest absolute Gasteiger partial charge is 0.336 e. The highest BCUT2D eigenvalue weighted by Gasteiger charge is 2.15. The summed E-state index contributed by atoms with van der Waals surface area (Å²) in [4.78, 5) is 10.8. The van der Waals surface area contributed by atoms with Crippen molar-refractivity contribution in [2.24, 2.45) is 0 Å². The zero-order valence-electron chi connectivity index (χ0n) is 8.62. The second-order valence-corrected chi connectivity index (χ2v) is 3.56. The summed E-state index contributed by atoms with van der Waals surface area (Å²) in [5.74, 6) is -1.97. The predicted molar refractivity (Wildman–Crippen MR) is 53.6 cm³/mol. The zero-order valence-corrected chi connectivity index (χ0v) is 8.62. The Kier molecular flexibility index (Phi) is 3.42. The number of aliphatic hydroxyl groups is 1. The lowest BCUT2D eigenvalue weighted by atomic mass is 9.96. The number of aromatic carboxylic acids is 1. The Balaban J connectivity index is 3.29. The van der Waals surface area contributed by atoms with Crippen molar-refractivity contribution in [1.29, 1.82) is 0 Å². The first-order chi connectivity index (χ1) is 6.97. The highest BCUT2D eigenvalue weighted by Crippen LogP contribution is 2.21. The first kappa shape index (κ1) is 11.7. The van der Waals surface area contributed by atoms with E-state index < -0.39 is 11.8 Å². The van der Waals surface area contributed by atoms with Gasteiger partial charge in [0.05, 0.1) is 5.56 Å². The highest BCUT2D eigenvalue weighted by atomic mass is 19.1. The third-order valence-electron chi connectivity index (χ3n) is 2.44. The first-order valence-corrected chi connectivity index (χ1v) is 4.61. The zero-order chi connectivity index (χ0) is 11.6. The molecule has 0 radical (unpaired) electrons. The third kappa shape index (κ3) is 2.33. The van der Waals surface area contributed by atoms with Crippen LogP contribution in [0.25, 0.3) is 0 Å². The molecule has 2 N–H and O–H groups in total. The van der Waals surface area contributed by atoms with Crippen LogP contribution in [-0.2, 0) is 0 Å². The maximum Gasteiger partial charge on any atom is 0.336 e. The Bertz CT molecular complexity index is 388. The summed E-state index contributed by atoms with van der Waals surface area (Å²) in [5, 5.41) is 17.7. The van der Waals surface area contributed by atoms with Crippen LogP contribution in [0, 0.1) is 12.7 Å². The van der Waals surface area contributed by atoms with Crippen molar-refractivity contribution in [3.63, 3.8) is 0 Å². The largest absolute Gasteiger partial charge is 0.478 e. The number of rotatable bonds is 3. The molecule has 0 bridgehead atoms. The molecular formula is C11H13FO3. The van der Waals surface area contributed by atoms with Crippen molar-refractivity contribution >= 4 is 5.97 Å². The predicted octanol–water partition coefficient (Wildman–Crippen LogP) is 1.93. The Labute approximate surface area is 87.2 Å². The van der Waals surface area contributed by atoms with Crippen LogP contribution in [0.3, 0.4) is 0 Å². The summed E-state index contributed by atoms with van der Waals surface area (Å²) >= 11 is 0. The Morgan fingerprint density at radius 2 is 2.13 bits per heavy atom. The van der Waals surface area contributed by atoms with E-state index >= 15 is 0 Å². The molecule has 1 unspecified atom stereocenters. The van der Waals surface area contributed by atoms with Gasteiger partial charge in [0, 0.05) is 12.5 Å². The van der Waals surface area contributed by atoms with Crippen LogP contribution in [-0.4, -0.2) is 22.8 Å². The number of hydrogen-bond acceptors (Lipinski definition) is 2. The lowest BCUT2D eigenvalue weighted by Gasteiger charge is -2.11. The molecule has 0 aliphatic carbocycles. The molecule has 15 heavy (non-hydrogen) atoms. The molecule has 82 valence electrons. The van der Waals surface area contributed by atoms with E-state index in [0.29, 0.717) is 5.56 Å². The molecule has 0 saturated carbocycles. The van der Waals surface area contributed by atoms with E-state index in [-0.39, 0.29) is 23.7 Å². The summed E-state index contributed by atoms with van der Waals surface area (Å²) in [6.07, 6.45) is 0. The minimum absolute atomic E-state index is 0.0506. The average molecular weight is 212 g/mol. The fourth-order valence-electron chi connectivity index (χ4n) is 1.31. The van der Waals surface area contributed by atoms with Crippen molar-refractivity contribution in [2.75, 3.05) is 6.61 Å². The SMILES string of the molecule is Cc1c(F)cc(C(C)CO)cc1C(=O)O. The van der Waals surface area contributed by atoms with Gasteiger partial charge in [-0.05, 0) is 30.2 Å². The van der Waals surface area contributed by atoms with E-state index in [1.807, 2.05) is 0 Å². The van der Waals surface area contributed by atoms with Crippen LogP contribution < -0.4 is 0 Å². The molecule has 0 heterocycles. The van der Waals surface area contributed by atoms with E-state index in [4.69, 9.17) is 10.2 Å². The second-order valence-electron chi connectivity index (χ2n) is 3.56. The number of halogens is 1. The minimum Gasteiger partial charge on any atom is -0.478 e. The Morgan fingerprint density at radius 3 is 2.60 bits per heavy atom. The molecule has 1 aromatic rings. The lowest BCUT2D eigenvalue weighted by molar-refractivity contribution is 0.0695. The summed E-state index contributed by atoms with van der Waals surface area (Å²) in [7, 11) is 0. The normalized spacial score (nSPS) is 12.5. The molecule has 1 atom stereocenters. The van der Waals surface area contributed by atoms with Gasteiger partial charge in [-0.25, -0.2) is 9.18 Å². The minimum atomic E-state index is -1.15. The van der Waals surface area contributed by atoms with Crippen molar-refractivity contribution in [1.82, 2.24) is 0 Å². The number of carboxylic acids is 1. The molecule has 0 saturated heterocycles. The van der Waals surface area contributed by atoms with Gasteiger partial charge in [0.15, 0.2) is 0 Å². The second kappa shape index (κ2) is 4.40. The van der Waals surface area contributed by atoms with Crippen LogP contribution in [0.15, 0.2) is 12.1 Å². The van der Waals surface area contributed by atoms with Gasteiger partial charge in [0.1, 0.15) is 5.82 Å². The standard InChI is InChI=1S/C11H13FO3/c1-6(5-13)8-3-9(11(14)15)7(2)10(12)4-8/h3-4,6,13H,5H2,1-2H3,(H,14,15). The molecule has 1 rings (SSSR count). The van der Waals surface area contributed by atoms with Crippen molar-refractivity contribution < 1.29 is 19.4 Å². The number of benzene rings is 1. The number of aliphatic hydroxyl groups excluding tert-OH is 1. The van der Waals surface area contributed by atoms with E-state index in [2.05, 4.69) is 0 Å². The topological polar surface area (TPSA) is 57.5 Å². The lowest BCUT2D eigenvalue weighted by Crippen LogP contribution is -2.07. The van der Waals surface area contributed by atoms with Gasteiger partial charge < -0.3 is 10.2 Å². The van der Waals surface area contributed by atoms with E-state index in [9.17, 15) is 9.18 Å². The quantitative estimate of drug-likeness (QED) is 0.804. The fraction of sp³-hybridized carbons (Fsp3) is 0.364. The molecule has 0 amide bonds. The average Bonchev–Trinajstić information content (AvgIpc) is 2.20. The maximum absolute atomic E-state index is 13.4. The monoisotopic (exact) mass is 212 g/mol. The van der Waals surface area contributed by atoms with Crippen LogP contribution in [0.1, 0.15) is 34.3 Å². The number of hydrogen-bond donors (Lipinski definition) is 2. The summed E-state index contributed by atoms with van der Waals surface area (Å²) in [6, 6.07) is 2.67. The van der Waals surface area contributed by atoms with Gasteiger partial charge in [0.25, 0.3) is 0 Å². The number of carbonyl (C=O) groups is 1. The van der Waals surface area contributed by atoms with Gasteiger partial charge in [-0.15, -0.1) is 0 Å². The Hall–Kier alpha value is -1.42. The summed E-state index contributed by atoms with van der Waals surface area (Å²) in [6.45, 7) is 2.99. The first-order valence-electron chi connectivity index (χ1n) is 4.61. The van der Waals surface area contributed by atoms with Crippen molar-refractivity contribution in [3.8, 4) is 0 Å². The highest BCUT2D eigenvalue weighted by molar-refractivity contribution is 5.89. The van der Waals surface area contributed by atoms with Crippen LogP contribution in [0.5, 0.6) is 0 Å². The Morgan fingerprint density at radius 1 is 1.53 bits per heavy atom. The van der Waals surface area contributed by atoms with Gasteiger partial charge in [-0.3, -0.25) is 0 Å². The van der Waals surface area contributed by atoms with Gasteiger partial charge in [-0.1, -0.05) is 6.92 Å². The van der Waals surface area contributed by atoms with E-state index in [1.54, 1.807) is 6.92 Å². The maximum atomic E-state index is 13.4. The van der Waals surface area contributed by atoms with Gasteiger partial charge in [-0.2, -0.15) is 0 Å². The summed E-state index contributed by atoms with van der Waals surface area (Å²) in [5.41, 5.74) is 0.569. The van der Waals surface area contributed by atoms with Crippen molar-refractivity contribution in [3.05, 3.63) is 34.6 Å². The molecule has 0 aromatic heterocycles. The molecule has 1 aromatic carbocycles. The van der Waals surface area contributed by atoms with E-state index in [1.165, 1.54) is 19.1 Å². The number of carboxylic acid groups (broad SMARTS) is 1. The molecule has 0 aliphatic rings. The molecule has 3 nitrogen and oxygen atoms in total. The third-order valence-corrected chi connectivity index (χ3v) is 2.44. The molecule has 0 aliphatic heterocycles. The molecule has 0 fully saturated rings.